The second-order valence-corrected chi connectivity index (χ2v) is 4.31. The van der Waals surface area contributed by atoms with E-state index in [0.29, 0.717) is 15.2 Å². The number of halogens is 1. The van der Waals surface area contributed by atoms with Crippen molar-refractivity contribution in [2.45, 2.75) is 24.1 Å². The monoisotopic (exact) mass is 244 g/mol. The maximum Gasteiger partial charge on any atom is 0.429 e. The predicted octanol–water partition coefficient (Wildman–Crippen LogP) is 0.726. The van der Waals surface area contributed by atoms with Crippen LogP contribution in [0.2, 0.25) is 0 Å². The van der Waals surface area contributed by atoms with E-state index in [-0.39, 0.29) is 4.83 Å². The van der Waals surface area contributed by atoms with E-state index in [2.05, 4.69) is 15.9 Å². The fourth-order valence-electron chi connectivity index (χ4n) is 1.70. The fourth-order valence-corrected chi connectivity index (χ4v) is 2.52. The second kappa shape index (κ2) is 3.14. The van der Waals surface area contributed by atoms with Crippen molar-refractivity contribution in [3.63, 3.8) is 0 Å². The SMILES string of the molecule is [O-][n+]1cc2c([n+]([O-])c1)C(Br)CCC2. The molecule has 1 unspecified atom stereocenters. The number of aromatic nitrogens is 2. The molecule has 1 atom stereocenters. The van der Waals surface area contributed by atoms with Crippen LogP contribution in [0, 0.1) is 10.4 Å². The van der Waals surface area contributed by atoms with Crippen molar-refractivity contribution in [3.8, 4) is 0 Å². The Bertz CT molecular complexity index is 343. The molecule has 0 amide bonds. The van der Waals surface area contributed by atoms with Crippen LogP contribution in [0.25, 0.3) is 0 Å². The average Bonchev–Trinajstić information content (AvgIpc) is 2.02. The van der Waals surface area contributed by atoms with E-state index in [9.17, 15) is 10.4 Å². The average molecular weight is 245 g/mol. The lowest BCUT2D eigenvalue weighted by Crippen LogP contribution is -2.45. The summed E-state index contributed by atoms with van der Waals surface area (Å²) in [6, 6.07) is 0. The largest absolute Gasteiger partial charge is 0.614 e. The van der Waals surface area contributed by atoms with Gasteiger partial charge in [0, 0.05) is 0 Å². The zero-order valence-corrected chi connectivity index (χ0v) is 8.53. The lowest BCUT2D eigenvalue weighted by atomic mass is 9.97. The molecule has 1 aliphatic carbocycles. The molecule has 0 spiro atoms. The Kier molecular flexibility index (Phi) is 2.11. The zero-order valence-electron chi connectivity index (χ0n) is 6.94. The third-order valence-electron chi connectivity index (χ3n) is 2.27. The van der Waals surface area contributed by atoms with Crippen LogP contribution in [-0.4, -0.2) is 0 Å². The minimum Gasteiger partial charge on any atom is -0.614 e. The smallest absolute Gasteiger partial charge is 0.429 e. The lowest BCUT2D eigenvalue weighted by Gasteiger charge is -2.17. The molecule has 0 saturated heterocycles. The van der Waals surface area contributed by atoms with Crippen LogP contribution in [0.1, 0.15) is 28.9 Å². The Hall–Kier alpha value is -0.840. The van der Waals surface area contributed by atoms with Gasteiger partial charge in [-0.25, -0.2) is 0 Å². The third kappa shape index (κ3) is 1.48. The van der Waals surface area contributed by atoms with Gasteiger partial charge in [-0.15, -0.1) is 9.46 Å². The van der Waals surface area contributed by atoms with Gasteiger partial charge in [-0.05, 0) is 19.3 Å². The highest BCUT2D eigenvalue weighted by atomic mass is 79.9. The van der Waals surface area contributed by atoms with E-state index in [0.717, 1.165) is 31.2 Å². The molecule has 1 aliphatic rings. The molecule has 1 aromatic rings. The van der Waals surface area contributed by atoms with Gasteiger partial charge < -0.3 is 10.4 Å². The van der Waals surface area contributed by atoms with Crippen molar-refractivity contribution in [1.82, 2.24) is 0 Å². The Morgan fingerprint density at radius 1 is 1.46 bits per heavy atom. The molecule has 0 saturated carbocycles. The van der Waals surface area contributed by atoms with Crippen molar-refractivity contribution in [1.29, 1.82) is 0 Å². The summed E-state index contributed by atoms with van der Waals surface area (Å²) in [5.41, 5.74) is 1.55. The normalized spacial score (nSPS) is 21.2. The summed E-state index contributed by atoms with van der Waals surface area (Å²) in [6.07, 6.45) is 5.30. The first-order valence-corrected chi connectivity index (χ1v) is 5.09. The van der Waals surface area contributed by atoms with Gasteiger partial charge in [-0.2, -0.15) is 0 Å². The van der Waals surface area contributed by atoms with E-state index < -0.39 is 0 Å². The van der Waals surface area contributed by atoms with Gasteiger partial charge in [0.15, 0.2) is 6.20 Å². The van der Waals surface area contributed by atoms with Gasteiger partial charge in [0.05, 0.1) is 5.56 Å². The molecule has 0 fully saturated rings. The summed E-state index contributed by atoms with van der Waals surface area (Å²) in [7, 11) is 0. The van der Waals surface area contributed by atoms with Gasteiger partial charge >= 0.3 is 6.33 Å². The van der Waals surface area contributed by atoms with E-state index >= 15 is 0 Å². The molecule has 0 radical (unpaired) electrons. The Labute approximate surface area is 84.1 Å². The van der Waals surface area contributed by atoms with Crippen molar-refractivity contribution in [2.24, 2.45) is 0 Å². The first-order valence-electron chi connectivity index (χ1n) is 4.17. The molecule has 4 nitrogen and oxygen atoms in total. The molecular formula is C8H9BrN2O2. The number of rotatable bonds is 0. The molecule has 0 aromatic carbocycles. The third-order valence-corrected chi connectivity index (χ3v) is 3.16. The van der Waals surface area contributed by atoms with E-state index in [4.69, 9.17) is 0 Å². The Balaban J connectivity index is 2.56. The fraction of sp³-hybridized carbons (Fsp3) is 0.500. The van der Waals surface area contributed by atoms with Crippen LogP contribution in [0.3, 0.4) is 0 Å². The molecular weight excluding hydrogens is 236 g/mol. The minimum atomic E-state index is 0.0925. The van der Waals surface area contributed by atoms with Crippen molar-refractivity contribution in [3.05, 3.63) is 34.2 Å². The summed E-state index contributed by atoms with van der Waals surface area (Å²) < 4.78 is 1.23. The molecule has 0 N–H and O–H groups in total. The first-order chi connectivity index (χ1) is 6.18. The zero-order chi connectivity index (χ0) is 9.42. The molecule has 2 rings (SSSR count). The topological polar surface area (TPSA) is 53.9 Å². The Morgan fingerprint density at radius 2 is 2.23 bits per heavy atom. The van der Waals surface area contributed by atoms with E-state index in [1.54, 1.807) is 0 Å². The summed E-state index contributed by atoms with van der Waals surface area (Å²) >= 11 is 3.43. The maximum atomic E-state index is 11.4. The predicted molar refractivity (Wildman–Crippen MR) is 49.0 cm³/mol. The molecule has 1 aromatic heterocycles. The maximum absolute atomic E-state index is 11.4. The standard InChI is InChI=1S/C8H9BrN2O2/c9-7-3-1-2-6-4-10(12)5-11(13)8(6)7/h4-5,7H,1-3H2. The lowest BCUT2D eigenvalue weighted by molar-refractivity contribution is -0.750. The summed E-state index contributed by atoms with van der Waals surface area (Å²) in [6.45, 7) is 0. The Morgan fingerprint density at radius 3 is 3.00 bits per heavy atom. The van der Waals surface area contributed by atoms with Gasteiger partial charge in [-0.1, -0.05) is 15.9 Å². The highest BCUT2D eigenvalue weighted by Gasteiger charge is 2.28. The van der Waals surface area contributed by atoms with Crippen LogP contribution >= 0.6 is 15.9 Å². The summed E-state index contributed by atoms with van der Waals surface area (Å²) in [5.74, 6) is 0. The van der Waals surface area contributed by atoms with Crippen molar-refractivity contribution >= 4 is 15.9 Å². The van der Waals surface area contributed by atoms with Gasteiger partial charge in [0.25, 0.3) is 0 Å². The molecule has 70 valence electrons. The molecule has 0 aliphatic heterocycles. The number of hydrogen-bond acceptors (Lipinski definition) is 2. The van der Waals surface area contributed by atoms with E-state index in [1.807, 2.05) is 0 Å². The molecule has 13 heavy (non-hydrogen) atoms. The molecule has 0 bridgehead atoms. The minimum absolute atomic E-state index is 0.0925. The van der Waals surface area contributed by atoms with Crippen LogP contribution < -0.4 is 9.46 Å². The van der Waals surface area contributed by atoms with Gasteiger partial charge in [0.2, 0.25) is 5.69 Å². The first kappa shape index (κ1) is 8.74. The number of hydrogen-bond donors (Lipinski definition) is 0. The van der Waals surface area contributed by atoms with Crippen LogP contribution in [-0.2, 0) is 6.42 Å². The van der Waals surface area contributed by atoms with Crippen molar-refractivity contribution in [2.75, 3.05) is 0 Å². The number of nitrogens with zero attached hydrogens (tertiary/aromatic N) is 2. The number of fused-ring (bicyclic) bond motifs is 1. The quantitative estimate of drug-likeness (QED) is 0.384. The number of aryl methyl sites for hydroxylation is 1. The van der Waals surface area contributed by atoms with Crippen LogP contribution in [0.5, 0.6) is 0 Å². The van der Waals surface area contributed by atoms with E-state index in [1.165, 1.54) is 6.20 Å². The summed E-state index contributed by atoms with van der Waals surface area (Å²) in [5, 5.41) is 22.3. The second-order valence-electron chi connectivity index (χ2n) is 3.20. The van der Waals surface area contributed by atoms with Crippen LogP contribution in [0.4, 0.5) is 0 Å². The van der Waals surface area contributed by atoms with Gasteiger partial charge in [-0.3, -0.25) is 0 Å². The van der Waals surface area contributed by atoms with Crippen molar-refractivity contribution < 1.29 is 9.46 Å². The van der Waals surface area contributed by atoms with Gasteiger partial charge in [0.1, 0.15) is 4.83 Å². The molecule has 5 heteroatoms. The highest BCUT2D eigenvalue weighted by Crippen LogP contribution is 2.32. The van der Waals surface area contributed by atoms with Crippen LogP contribution in [0.15, 0.2) is 12.5 Å². The summed E-state index contributed by atoms with van der Waals surface area (Å²) in [4.78, 5) is 0.0925. The number of alkyl halides is 1. The molecule has 1 heterocycles. The highest BCUT2D eigenvalue weighted by molar-refractivity contribution is 9.09.